The van der Waals surface area contributed by atoms with Gasteiger partial charge in [0.05, 0.1) is 13.2 Å². The third-order valence-corrected chi connectivity index (χ3v) is 6.90. The lowest BCUT2D eigenvalue weighted by molar-refractivity contribution is -0.0726. The van der Waals surface area contributed by atoms with E-state index in [2.05, 4.69) is 14.8 Å². The molecule has 1 spiro atoms. The lowest BCUT2D eigenvalue weighted by atomic mass is 9.71. The number of pyridine rings is 1. The van der Waals surface area contributed by atoms with Crippen LogP contribution in [0.5, 0.6) is 0 Å². The number of aromatic nitrogens is 1. The van der Waals surface area contributed by atoms with Crippen LogP contribution in [0.25, 0.3) is 0 Å². The minimum absolute atomic E-state index is 0.215. The highest BCUT2D eigenvalue weighted by atomic mass is 16.5. The molecule has 1 N–H and O–H groups in total. The van der Waals surface area contributed by atoms with Crippen molar-refractivity contribution >= 4 is 5.97 Å². The Balaban J connectivity index is 1.32. The van der Waals surface area contributed by atoms with Gasteiger partial charge in [0, 0.05) is 45.1 Å². The molecule has 3 aliphatic heterocycles. The molecule has 0 radical (unpaired) electrons. The molecule has 1 aromatic heterocycles. The highest BCUT2D eigenvalue weighted by Crippen LogP contribution is 2.41. The third-order valence-electron chi connectivity index (χ3n) is 6.90. The van der Waals surface area contributed by atoms with E-state index in [1.807, 2.05) is 6.07 Å². The van der Waals surface area contributed by atoms with E-state index in [1.165, 1.54) is 7.11 Å². The zero-order chi connectivity index (χ0) is 20.3. The normalized spacial score (nSPS) is 26.5. The molecule has 3 fully saturated rings. The summed E-state index contributed by atoms with van der Waals surface area (Å²) in [5.74, 6) is -0.401. The molecule has 3 saturated heterocycles. The van der Waals surface area contributed by atoms with E-state index in [0.29, 0.717) is 11.7 Å². The van der Waals surface area contributed by atoms with Gasteiger partial charge >= 0.3 is 5.97 Å². The number of aliphatic hydroxyl groups excluding tert-OH is 1. The van der Waals surface area contributed by atoms with Crippen LogP contribution in [0.3, 0.4) is 0 Å². The summed E-state index contributed by atoms with van der Waals surface area (Å²) in [5, 5.41) is 10.6. The van der Waals surface area contributed by atoms with E-state index in [9.17, 15) is 9.90 Å². The second kappa shape index (κ2) is 9.08. The van der Waals surface area contributed by atoms with E-state index in [0.717, 1.165) is 83.6 Å². The highest BCUT2D eigenvalue weighted by molar-refractivity contribution is 5.86. The Kier molecular flexibility index (Phi) is 6.49. The maximum absolute atomic E-state index is 11.5. The molecule has 7 heteroatoms. The molecule has 0 saturated carbocycles. The largest absolute Gasteiger partial charge is 0.464 e. The van der Waals surface area contributed by atoms with Crippen LogP contribution in [0, 0.1) is 5.41 Å². The summed E-state index contributed by atoms with van der Waals surface area (Å²) in [4.78, 5) is 20.7. The fraction of sp³-hybridized carbons (Fsp3) is 0.727. The maximum atomic E-state index is 11.5. The summed E-state index contributed by atoms with van der Waals surface area (Å²) in [7, 11) is 1.37. The molecular weight excluding hydrogens is 370 g/mol. The van der Waals surface area contributed by atoms with Crippen molar-refractivity contribution in [2.75, 3.05) is 46.5 Å². The summed E-state index contributed by atoms with van der Waals surface area (Å²) in [6.45, 7) is 6.53. The highest BCUT2D eigenvalue weighted by Gasteiger charge is 2.43. The Morgan fingerprint density at radius 2 is 2.07 bits per heavy atom. The zero-order valence-electron chi connectivity index (χ0n) is 17.4. The lowest BCUT2D eigenvalue weighted by Crippen LogP contribution is -2.57. The number of nitrogens with zero attached hydrogens (tertiary/aromatic N) is 3. The number of esters is 1. The molecule has 0 aliphatic carbocycles. The number of piperidine rings is 2. The van der Waals surface area contributed by atoms with E-state index >= 15 is 0 Å². The SMILES string of the molecule is COC(=O)c1ccc(CN2CCC3(CC2)CC(O)CN(C2CCOCC2)C3)cn1. The molecule has 29 heavy (non-hydrogen) atoms. The molecule has 4 rings (SSSR count). The third kappa shape index (κ3) is 4.97. The van der Waals surface area contributed by atoms with E-state index in [4.69, 9.17) is 9.47 Å². The van der Waals surface area contributed by atoms with Gasteiger partial charge in [-0.3, -0.25) is 9.80 Å². The monoisotopic (exact) mass is 403 g/mol. The molecule has 1 unspecified atom stereocenters. The van der Waals surface area contributed by atoms with E-state index in [-0.39, 0.29) is 11.5 Å². The molecule has 1 atom stereocenters. The van der Waals surface area contributed by atoms with Crippen molar-refractivity contribution < 1.29 is 19.4 Å². The van der Waals surface area contributed by atoms with Gasteiger partial charge in [0.2, 0.25) is 0 Å². The number of rotatable bonds is 4. The first-order valence-corrected chi connectivity index (χ1v) is 10.8. The first kappa shape index (κ1) is 20.7. The Hall–Kier alpha value is -1.54. The van der Waals surface area contributed by atoms with Gasteiger partial charge in [0.1, 0.15) is 5.69 Å². The fourth-order valence-electron chi connectivity index (χ4n) is 5.27. The number of hydrogen-bond donors (Lipinski definition) is 1. The predicted molar refractivity (Wildman–Crippen MR) is 109 cm³/mol. The Morgan fingerprint density at radius 1 is 1.31 bits per heavy atom. The van der Waals surface area contributed by atoms with Crippen LogP contribution in [-0.2, 0) is 16.0 Å². The van der Waals surface area contributed by atoms with Gasteiger partial charge in [-0.2, -0.15) is 0 Å². The van der Waals surface area contributed by atoms with Crippen LogP contribution in [0.2, 0.25) is 0 Å². The summed E-state index contributed by atoms with van der Waals surface area (Å²) in [6.07, 6.45) is 6.90. The number of likely N-dealkylation sites (tertiary alicyclic amines) is 2. The Bertz CT molecular complexity index is 682. The van der Waals surface area contributed by atoms with Gasteiger partial charge in [0.25, 0.3) is 0 Å². The molecule has 4 heterocycles. The molecule has 0 amide bonds. The standard InChI is InChI=1S/C22H33N3O4/c1-28-21(27)20-3-2-17(13-23-20)14-24-8-6-22(7-9-24)12-19(26)15-25(16-22)18-4-10-29-11-5-18/h2-3,13,18-19,26H,4-12,14-16H2,1H3. The van der Waals surface area contributed by atoms with Crippen LogP contribution in [-0.4, -0.2) is 84.5 Å². The van der Waals surface area contributed by atoms with E-state index in [1.54, 1.807) is 12.3 Å². The number of aliphatic hydroxyl groups is 1. The molecule has 160 valence electrons. The van der Waals surface area contributed by atoms with Crippen molar-refractivity contribution in [3.63, 3.8) is 0 Å². The summed E-state index contributed by atoms with van der Waals surface area (Å²) in [5.41, 5.74) is 1.69. The van der Waals surface area contributed by atoms with Gasteiger partial charge in [-0.15, -0.1) is 0 Å². The average Bonchev–Trinajstić information content (AvgIpc) is 2.76. The second-order valence-electron chi connectivity index (χ2n) is 8.95. The Labute approximate surface area is 173 Å². The number of β-amino-alcohol motifs (C(OH)–C–C–N with tert-alkyl or cyclic N) is 1. The van der Waals surface area contributed by atoms with Crippen molar-refractivity contribution in [1.82, 2.24) is 14.8 Å². The molecular formula is C22H33N3O4. The topological polar surface area (TPSA) is 75.1 Å². The number of ether oxygens (including phenoxy) is 2. The number of carbonyl (C=O) groups excluding carboxylic acids is 1. The Morgan fingerprint density at radius 3 is 2.72 bits per heavy atom. The average molecular weight is 404 g/mol. The molecule has 7 nitrogen and oxygen atoms in total. The van der Waals surface area contributed by atoms with Gasteiger partial charge in [-0.25, -0.2) is 9.78 Å². The lowest BCUT2D eigenvalue weighted by Gasteiger charge is -2.51. The molecule has 0 bridgehead atoms. The second-order valence-corrected chi connectivity index (χ2v) is 8.95. The smallest absolute Gasteiger partial charge is 0.356 e. The van der Waals surface area contributed by atoms with Crippen LogP contribution in [0.1, 0.15) is 48.2 Å². The minimum atomic E-state index is -0.401. The van der Waals surface area contributed by atoms with Gasteiger partial charge in [-0.1, -0.05) is 6.07 Å². The summed E-state index contributed by atoms with van der Waals surface area (Å²) in [6, 6.07) is 4.25. The number of hydrogen-bond acceptors (Lipinski definition) is 7. The fourth-order valence-corrected chi connectivity index (χ4v) is 5.27. The van der Waals surface area contributed by atoms with Crippen molar-refractivity contribution in [2.45, 2.75) is 50.8 Å². The maximum Gasteiger partial charge on any atom is 0.356 e. The van der Waals surface area contributed by atoms with Crippen molar-refractivity contribution in [1.29, 1.82) is 0 Å². The van der Waals surface area contributed by atoms with Gasteiger partial charge < -0.3 is 14.6 Å². The van der Waals surface area contributed by atoms with Crippen molar-refractivity contribution in [3.8, 4) is 0 Å². The first-order chi connectivity index (χ1) is 14.1. The number of carbonyl (C=O) groups is 1. The minimum Gasteiger partial charge on any atom is -0.464 e. The van der Waals surface area contributed by atoms with Crippen molar-refractivity contribution in [3.05, 3.63) is 29.6 Å². The predicted octanol–water partition coefficient (Wildman–Crippen LogP) is 1.70. The van der Waals surface area contributed by atoms with Crippen molar-refractivity contribution in [2.24, 2.45) is 5.41 Å². The summed E-state index contributed by atoms with van der Waals surface area (Å²) < 4.78 is 10.2. The van der Waals surface area contributed by atoms with Gasteiger partial charge in [-0.05, 0) is 62.2 Å². The molecule has 3 aliphatic rings. The summed E-state index contributed by atoms with van der Waals surface area (Å²) >= 11 is 0. The van der Waals surface area contributed by atoms with Crippen LogP contribution >= 0.6 is 0 Å². The van der Waals surface area contributed by atoms with Crippen LogP contribution < -0.4 is 0 Å². The van der Waals surface area contributed by atoms with E-state index < -0.39 is 5.97 Å². The molecule has 0 aromatic carbocycles. The number of methoxy groups -OCH3 is 1. The first-order valence-electron chi connectivity index (χ1n) is 10.8. The van der Waals surface area contributed by atoms with Crippen LogP contribution in [0.15, 0.2) is 18.3 Å². The molecule has 1 aromatic rings. The zero-order valence-corrected chi connectivity index (χ0v) is 17.4. The quantitative estimate of drug-likeness (QED) is 0.767. The van der Waals surface area contributed by atoms with Crippen LogP contribution in [0.4, 0.5) is 0 Å². The van der Waals surface area contributed by atoms with Gasteiger partial charge in [0.15, 0.2) is 0 Å².